The van der Waals surface area contributed by atoms with Gasteiger partial charge in [0.05, 0.1) is 13.2 Å². The summed E-state index contributed by atoms with van der Waals surface area (Å²) in [4.78, 5) is 25.1. The van der Waals surface area contributed by atoms with Gasteiger partial charge >= 0.3 is 0 Å². The first-order valence-electron chi connectivity index (χ1n) is 5.41. The Morgan fingerprint density at radius 1 is 1.56 bits per heavy atom. The van der Waals surface area contributed by atoms with Crippen molar-refractivity contribution >= 4 is 27.7 Å². The van der Waals surface area contributed by atoms with E-state index in [9.17, 15) is 9.59 Å². The highest BCUT2D eigenvalue weighted by molar-refractivity contribution is 9.09. The van der Waals surface area contributed by atoms with Gasteiger partial charge in [-0.3, -0.25) is 9.59 Å². The molecule has 0 aromatic heterocycles. The van der Waals surface area contributed by atoms with Crippen LogP contribution in [0.1, 0.15) is 13.3 Å². The maximum Gasteiger partial charge on any atom is 0.245 e. The molecule has 1 rings (SSSR count). The zero-order chi connectivity index (χ0) is 12.0. The molecule has 5 nitrogen and oxygen atoms in total. The minimum atomic E-state index is -0.472. The first-order chi connectivity index (χ1) is 7.70. The Kier molecular flexibility index (Phi) is 5.76. The average molecular weight is 293 g/mol. The molecule has 2 amide bonds. The van der Waals surface area contributed by atoms with Crippen molar-refractivity contribution in [1.82, 2.24) is 10.2 Å². The fourth-order valence-electron chi connectivity index (χ4n) is 1.64. The van der Waals surface area contributed by atoms with Gasteiger partial charge in [0, 0.05) is 24.8 Å². The van der Waals surface area contributed by atoms with Crippen molar-refractivity contribution in [3.63, 3.8) is 0 Å². The Morgan fingerprint density at radius 2 is 2.31 bits per heavy atom. The average Bonchev–Trinajstić information content (AvgIpc) is 2.30. The molecule has 16 heavy (non-hydrogen) atoms. The van der Waals surface area contributed by atoms with Crippen LogP contribution in [0.3, 0.4) is 0 Å². The van der Waals surface area contributed by atoms with Crippen LogP contribution in [0.15, 0.2) is 0 Å². The highest BCUT2D eigenvalue weighted by Crippen LogP contribution is 2.09. The monoisotopic (exact) mass is 292 g/mol. The molecule has 0 aromatic rings. The zero-order valence-corrected chi connectivity index (χ0v) is 11.0. The van der Waals surface area contributed by atoms with Gasteiger partial charge in [-0.1, -0.05) is 15.9 Å². The van der Waals surface area contributed by atoms with Gasteiger partial charge in [0.1, 0.15) is 6.04 Å². The summed E-state index contributed by atoms with van der Waals surface area (Å²) in [5.74, 6) is -0.137. The summed E-state index contributed by atoms with van der Waals surface area (Å²) >= 11 is 3.23. The van der Waals surface area contributed by atoms with E-state index in [1.807, 2.05) is 6.92 Å². The molecule has 1 heterocycles. The van der Waals surface area contributed by atoms with E-state index >= 15 is 0 Å². The first kappa shape index (κ1) is 13.4. The lowest BCUT2D eigenvalue weighted by atomic mass is 10.2. The topological polar surface area (TPSA) is 58.6 Å². The molecule has 1 aliphatic heterocycles. The summed E-state index contributed by atoms with van der Waals surface area (Å²) in [5, 5.41) is 3.33. The van der Waals surface area contributed by atoms with Crippen LogP contribution in [0, 0.1) is 0 Å². The number of nitrogens with zero attached hydrogens (tertiary/aromatic N) is 1. The number of morpholine rings is 1. The molecule has 0 spiro atoms. The first-order valence-corrected chi connectivity index (χ1v) is 6.53. The predicted molar refractivity (Wildman–Crippen MR) is 63.4 cm³/mol. The number of carbonyl (C=O) groups is 2. The van der Waals surface area contributed by atoms with Crippen LogP contribution in [-0.4, -0.2) is 54.4 Å². The summed E-state index contributed by atoms with van der Waals surface area (Å²) in [6.07, 6.45) is 0.413. The highest BCUT2D eigenvalue weighted by Gasteiger charge is 2.31. The largest absolute Gasteiger partial charge is 0.377 e. The second-order valence-corrected chi connectivity index (χ2v) is 4.30. The second-order valence-electron chi connectivity index (χ2n) is 3.51. The van der Waals surface area contributed by atoms with Crippen molar-refractivity contribution in [2.45, 2.75) is 19.4 Å². The van der Waals surface area contributed by atoms with Gasteiger partial charge in [-0.2, -0.15) is 0 Å². The number of amides is 2. The molecule has 0 radical (unpaired) electrons. The van der Waals surface area contributed by atoms with E-state index in [4.69, 9.17) is 4.74 Å². The van der Waals surface area contributed by atoms with E-state index < -0.39 is 6.04 Å². The van der Waals surface area contributed by atoms with Gasteiger partial charge in [-0.05, 0) is 6.92 Å². The minimum absolute atomic E-state index is 0.00331. The van der Waals surface area contributed by atoms with Crippen molar-refractivity contribution < 1.29 is 14.3 Å². The molecule has 1 N–H and O–H groups in total. The number of rotatable bonds is 4. The highest BCUT2D eigenvalue weighted by atomic mass is 79.9. The lowest BCUT2D eigenvalue weighted by Gasteiger charge is -2.34. The summed E-state index contributed by atoms with van der Waals surface area (Å²) < 4.78 is 5.24. The van der Waals surface area contributed by atoms with Crippen LogP contribution >= 0.6 is 15.9 Å². The third-order valence-corrected chi connectivity index (χ3v) is 2.81. The Labute approximate surface area is 104 Å². The van der Waals surface area contributed by atoms with Crippen molar-refractivity contribution in [1.29, 1.82) is 0 Å². The summed E-state index contributed by atoms with van der Waals surface area (Å²) in [7, 11) is 0. The molecule has 1 unspecified atom stereocenters. The molecule has 0 aromatic carbocycles. The van der Waals surface area contributed by atoms with Gasteiger partial charge in [-0.15, -0.1) is 0 Å². The van der Waals surface area contributed by atoms with Gasteiger partial charge in [0.15, 0.2) is 0 Å². The maximum absolute atomic E-state index is 11.8. The van der Waals surface area contributed by atoms with Crippen LogP contribution in [0.25, 0.3) is 0 Å². The SMILES string of the molecule is CCNC(=O)C1COCCN1C(=O)CCBr. The molecule has 0 aliphatic carbocycles. The molecular weight excluding hydrogens is 276 g/mol. The third-order valence-electron chi connectivity index (χ3n) is 2.41. The molecule has 1 aliphatic rings. The molecule has 1 fully saturated rings. The second kappa shape index (κ2) is 6.85. The molecule has 1 atom stereocenters. The third kappa shape index (κ3) is 3.45. The number of halogens is 1. The quantitative estimate of drug-likeness (QED) is 0.750. The molecular formula is C10H17BrN2O3. The normalized spacial score (nSPS) is 20.6. The number of nitrogens with one attached hydrogen (secondary N) is 1. The Balaban J connectivity index is 2.63. The number of alkyl halides is 1. The van der Waals surface area contributed by atoms with Crippen LogP contribution in [-0.2, 0) is 14.3 Å². The van der Waals surface area contributed by atoms with Gasteiger partial charge < -0.3 is 15.0 Å². The lowest BCUT2D eigenvalue weighted by Crippen LogP contribution is -2.55. The summed E-state index contributed by atoms with van der Waals surface area (Å²) in [6, 6.07) is -0.472. The molecule has 1 saturated heterocycles. The number of ether oxygens (including phenoxy) is 1. The van der Waals surface area contributed by atoms with Gasteiger partial charge in [0.2, 0.25) is 11.8 Å². The zero-order valence-electron chi connectivity index (χ0n) is 9.37. The molecule has 0 bridgehead atoms. The minimum Gasteiger partial charge on any atom is -0.377 e. The number of likely N-dealkylation sites (N-methyl/N-ethyl adjacent to an activating group) is 1. The number of carbonyl (C=O) groups excluding carboxylic acids is 2. The van der Waals surface area contributed by atoms with Crippen LogP contribution in [0.4, 0.5) is 0 Å². The summed E-state index contributed by atoms with van der Waals surface area (Å²) in [5.41, 5.74) is 0. The predicted octanol–water partition coefficient (Wildman–Crippen LogP) is 0.135. The van der Waals surface area contributed by atoms with Crippen molar-refractivity contribution in [2.75, 3.05) is 31.6 Å². The molecule has 0 saturated carbocycles. The van der Waals surface area contributed by atoms with Crippen LogP contribution in [0.5, 0.6) is 0 Å². The van der Waals surface area contributed by atoms with E-state index in [0.717, 1.165) is 0 Å². The van der Waals surface area contributed by atoms with E-state index in [2.05, 4.69) is 21.2 Å². The van der Waals surface area contributed by atoms with Crippen LogP contribution < -0.4 is 5.32 Å². The van der Waals surface area contributed by atoms with Crippen LogP contribution in [0.2, 0.25) is 0 Å². The standard InChI is InChI=1S/C10H17BrN2O3/c1-2-12-10(15)8-7-16-6-5-13(8)9(14)3-4-11/h8H,2-7H2,1H3,(H,12,15). The summed E-state index contributed by atoms with van der Waals surface area (Å²) in [6.45, 7) is 3.71. The van der Waals surface area contributed by atoms with Crippen molar-refractivity contribution in [3.8, 4) is 0 Å². The number of hydrogen-bond donors (Lipinski definition) is 1. The lowest BCUT2D eigenvalue weighted by molar-refractivity contribution is -0.148. The van der Waals surface area contributed by atoms with E-state index in [1.165, 1.54) is 0 Å². The number of hydrogen-bond acceptors (Lipinski definition) is 3. The van der Waals surface area contributed by atoms with Gasteiger partial charge in [0.25, 0.3) is 0 Å². The van der Waals surface area contributed by atoms with Crippen molar-refractivity contribution in [3.05, 3.63) is 0 Å². The molecule has 6 heteroatoms. The Hall–Kier alpha value is -0.620. The van der Waals surface area contributed by atoms with Crippen molar-refractivity contribution in [2.24, 2.45) is 0 Å². The fraction of sp³-hybridized carbons (Fsp3) is 0.800. The maximum atomic E-state index is 11.8. The Morgan fingerprint density at radius 3 is 2.94 bits per heavy atom. The van der Waals surface area contributed by atoms with E-state index in [-0.39, 0.29) is 11.8 Å². The fourth-order valence-corrected chi connectivity index (χ4v) is 1.98. The molecule has 92 valence electrons. The Bertz CT molecular complexity index is 234. The van der Waals surface area contributed by atoms with E-state index in [0.29, 0.717) is 38.1 Å². The van der Waals surface area contributed by atoms with Gasteiger partial charge in [-0.25, -0.2) is 0 Å². The smallest absolute Gasteiger partial charge is 0.245 e. The van der Waals surface area contributed by atoms with E-state index in [1.54, 1.807) is 4.90 Å².